The molecule has 0 unspecified atom stereocenters. The van der Waals surface area contributed by atoms with E-state index in [1.807, 2.05) is 22.9 Å². The molecule has 8 nitrogen and oxygen atoms in total. The second kappa shape index (κ2) is 6.99. The van der Waals surface area contributed by atoms with Crippen molar-refractivity contribution in [1.29, 1.82) is 0 Å². The monoisotopic (exact) mass is 360 g/mol. The summed E-state index contributed by atoms with van der Waals surface area (Å²) in [5, 5.41) is 0. The van der Waals surface area contributed by atoms with Gasteiger partial charge in [-0.2, -0.15) is 0 Å². The Morgan fingerprint density at radius 2 is 1.96 bits per heavy atom. The number of carbonyl (C=O) groups is 1. The molecule has 2 aliphatic rings. The van der Waals surface area contributed by atoms with E-state index in [1.54, 1.807) is 0 Å². The lowest BCUT2D eigenvalue weighted by Crippen LogP contribution is -2.41. The maximum Gasteiger partial charge on any atom is 0.228 e. The van der Waals surface area contributed by atoms with Gasteiger partial charge in [0.15, 0.2) is 5.82 Å². The number of anilines is 1. The maximum absolute atomic E-state index is 13.1. The van der Waals surface area contributed by atoms with Gasteiger partial charge in [-0.1, -0.05) is 0 Å². The lowest BCUT2D eigenvalue weighted by Gasteiger charge is -2.33. The third-order valence-electron chi connectivity index (χ3n) is 4.84. The quantitative estimate of drug-likeness (QED) is 0.806. The molecule has 9 heteroatoms. The summed E-state index contributed by atoms with van der Waals surface area (Å²) in [4.78, 5) is 29.1. The fourth-order valence-corrected chi connectivity index (χ4v) is 3.44. The molecule has 0 spiro atoms. The number of hydrogen-bond acceptors (Lipinski definition) is 6. The summed E-state index contributed by atoms with van der Waals surface area (Å²) in [6.45, 7) is 5.89. The van der Waals surface area contributed by atoms with Crippen molar-refractivity contribution < 1.29 is 13.9 Å². The molecule has 4 heterocycles. The van der Waals surface area contributed by atoms with Crippen molar-refractivity contribution in [2.75, 3.05) is 37.7 Å². The van der Waals surface area contributed by atoms with Crippen LogP contribution in [0.5, 0.6) is 0 Å². The van der Waals surface area contributed by atoms with Crippen LogP contribution in [0.2, 0.25) is 0 Å². The predicted octanol–water partition coefficient (Wildman–Crippen LogP) is 0.795. The van der Waals surface area contributed by atoms with E-state index in [0.29, 0.717) is 45.2 Å². The summed E-state index contributed by atoms with van der Waals surface area (Å²) < 4.78 is 20.4. The van der Waals surface area contributed by atoms with E-state index in [-0.39, 0.29) is 11.9 Å². The predicted molar refractivity (Wildman–Crippen MR) is 91.1 cm³/mol. The van der Waals surface area contributed by atoms with Crippen LogP contribution in [0.3, 0.4) is 0 Å². The van der Waals surface area contributed by atoms with Crippen LogP contribution in [0.15, 0.2) is 18.6 Å². The van der Waals surface area contributed by atoms with Crippen LogP contribution in [0.4, 0.5) is 10.3 Å². The van der Waals surface area contributed by atoms with Gasteiger partial charge < -0.3 is 19.1 Å². The number of rotatable bonds is 3. The van der Waals surface area contributed by atoms with E-state index >= 15 is 0 Å². The lowest BCUT2D eigenvalue weighted by molar-refractivity contribution is -0.134. The summed E-state index contributed by atoms with van der Waals surface area (Å²) in [6.07, 6.45) is 4.58. The minimum Gasteiger partial charge on any atom is -0.378 e. The average Bonchev–Trinajstić information content (AvgIpc) is 3.07. The first-order valence-electron chi connectivity index (χ1n) is 8.77. The Kier molecular flexibility index (Phi) is 4.54. The lowest BCUT2D eigenvalue weighted by atomic mass is 10.2. The zero-order valence-corrected chi connectivity index (χ0v) is 14.6. The second-order valence-electron chi connectivity index (χ2n) is 6.52. The van der Waals surface area contributed by atoms with Gasteiger partial charge in [0, 0.05) is 32.4 Å². The van der Waals surface area contributed by atoms with Gasteiger partial charge in [-0.15, -0.1) is 0 Å². The molecule has 0 aromatic carbocycles. The van der Waals surface area contributed by atoms with Gasteiger partial charge in [-0.25, -0.2) is 19.3 Å². The van der Waals surface area contributed by atoms with Crippen LogP contribution < -0.4 is 4.90 Å². The highest BCUT2D eigenvalue weighted by Gasteiger charge is 2.29. The molecule has 26 heavy (non-hydrogen) atoms. The van der Waals surface area contributed by atoms with Gasteiger partial charge in [0.05, 0.1) is 43.8 Å². The molecule has 0 radical (unpaired) electrons. The second-order valence-corrected chi connectivity index (χ2v) is 6.52. The van der Waals surface area contributed by atoms with Gasteiger partial charge in [0.1, 0.15) is 5.82 Å². The summed E-state index contributed by atoms with van der Waals surface area (Å²) in [5.41, 5.74) is 0.769. The topological polar surface area (TPSA) is 76.4 Å². The van der Waals surface area contributed by atoms with Crippen LogP contribution >= 0.6 is 0 Å². The van der Waals surface area contributed by atoms with Crippen LogP contribution in [0.1, 0.15) is 24.5 Å². The van der Waals surface area contributed by atoms with Gasteiger partial charge in [0.25, 0.3) is 0 Å². The van der Waals surface area contributed by atoms with Crippen molar-refractivity contribution in [1.82, 2.24) is 24.4 Å². The smallest absolute Gasteiger partial charge is 0.228 e. The Morgan fingerprint density at radius 1 is 1.23 bits per heavy atom. The Labute approximate surface area is 150 Å². The molecule has 0 N–H and O–H groups in total. The molecule has 0 aliphatic carbocycles. The molecule has 2 aromatic heterocycles. The number of carbonyl (C=O) groups excluding carboxylic acids is 1. The fourth-order valence-electron chi connectivity index (χ4n) is 3.44. The molecule has 4 rings (SSSR count). The molecule has 1 amide bonds. The van der Waals surface area contributed by atoms with Gasteiger partial charge >= 0.3 is 0 Å². The highest BCUT2D eigenvalue weighted by Crippen LogP contribution is 2.27. The number of aromatic nitrogens is 4. The third kappa shape index (κ3) is 3.26. The van der Waals surface area contributed by atoms with Crippen molar-refractivity contribution in [3.05, 3.63) is 35.9 Å². The number of morpholine rings is 1. The Morgan fingerprint density at radius 3 is 2.69 bits per heavy atom. The molecular weight excluding hydrogens is 339 g/mol. The van der Waals surface area contributed by atoms with Crippen molar-refractivity contribution in [2.45, 2.75) is 25.9 Å². The Balaban J connectivity index is 1.49. The van der Waals surface area contributed by atoms with E-state index in [1.165, 1.54) is 12.4 Å². The van der Waals surface area contributed by atoms with E-state index < -0.39 is 5.82 Å². The first-order valence-corrected chi connectivity index (χ1v) is 8.77. The van der Waals surface area contributed by atoms with E-state index in [0.717, 1.165) is 18.1 Å². The summed E-state index contributed by atoms with van der Waals surface area (Å²) >= 11 is 0. The highest BCUT2D eigenvalue weighted by atomic mass is 19.1. The van der Waals surface area contributed by atoms with Gasteiger partial charge in [-0.3, -0.25) is 4.79 Å². The zero-order chi connectivity index (χ0) is 18.1. The number of fused-ring (bicyclic) bond motifs is 1. The molecule has 1 saturated heterocycles. The Hall–Kier alpha value is -2.55. The fraction of sp³-hybridized carbons (Fsp3) is 0.529. The first kappa shape index (κ1) is 16.9. The van der Waals surface area contributed by atoms with E-state index in [4.69, 9.17) is 4.74 Å². The number of imidazole rings is 1. The van der Waals surface area contributed by atoms with Crippen LogP contribution in [0.25, 0.3) is 0 Å². The molecule has 0 bridgehead atoms. The van der Waals surface area contributed by atoms with Crippen LogP contribution in [-0.4, -0.2) is 63.2 Å². The van der Waals surface area contributed by atoms with Crippen LogP contribution in [-0.2, 0) is 22.5 Å². The Bertz CT molecular complexity index is 787. The minimum absolute atomic E-state index is 0.0542. The average molecular weight is 360 g/mol. The molecule has 2 aliphatic heterocycles. The highest BCUT2D eigenvalue weighted by molar-refractivity contribution is 5.78. The largest absolute Gasteiger partial charge is 0.378 e. The number of ether oxygens (including phenoxy) is 1. The van der Waals surface area contributed by atoms with Gasteiger partial charge in [0.2, 0.25) is 11.9 Å². The molecule has 1 fully saturated rings. The number of hydrogen-bond donors (Lipinski definition) is 0. The molecule has 2 aromatic rings. The van der Waals surface area contributed by atoms with E-state index in [9.17, 15) is 9.18 Å². The maximum atomic E-state index is 13.1. The first-order chi connectivity index (χ1) is 12.6. The molecule has 1 atom stereocenters. The number of nitrogens with zero attached hydrogens (tertiary/aromatic N) is 6. The SMILES string of the molecule is C[C@@H]1c2nc(CC(=O)N3CCOCC3)cn2CCN1c1ncc(F)cn1. The minimum atomic E-state index is -0.455. The zero-order valence-electron chi connectivity index (χ0n) is 14.6. The van der Waals surface area contributed by atoms with Crippen molar-refractivity contribution in [3.63, 3.8) is 0 Å². The third-order valence-corrected chi connectivity index (χ3v) is 4.84. The summed E-state index contributed by atoms with van der Waals surface area (Å²) in [5.74, 6) is 0.979. The summed E-state index contributed by atoms with van der Waals surface area (Å²) in [7, 11) is 0. The molecular formula is C17H21FN6O2. The van der Waals surface area contributed by atoms with E-state index in [2.05, 4.69) is 19.5 Å². The van der Waals surface area contributed by atoms with Crippen molar-refractivity contribution in [3.8, 4) is 0 Å². The number of halogens is 1. The standard InChI is InChI=1S/C17H21FN6O2/c1-12-16-21-14(8-15(25)22-4-6-26-7-5-22)11-23(16)2-3-24(12)17-19-9-13(18)10-20-17/h9-12H,2-8H2,1H3/t12-/m1/s1. The van der Waals surface area contributed by atoms with Gasteiger partial charge in [-0.05, 0) is 6.92 Å². The number of amides is 1. The molecule has 0 saturated carbocycles. The normalized spacial score (nSPS) is 20.2. The van der Waals surface area contributed by atoms with Crippen LogP contribution in [0, 0.1) is 5.82 Å². The van der Waals surface area contributed by atoms with Crippen molar-refractivity contribution in [2.24, 2.45) is 0 Å². The van der Waals surface area contributed by atoms with Crippen molar-refractivity contribution >= 4 is 11.9 Å². The summed E-state index contributed by atoms with van der Waals surface area (Å²) in [6, 6.07) is -0.0542. The molecule has 138 valence electrons.